The number of nitrogens with zero attached hydrogens (tertiary/aromatic N) is 1. The van der Waals surface area contributed by atoms with E-state index in [4.69, 9.17) is 4.74 Å². The third-order valence-electron chi connectivity index (χ3n) is 2.31. The van der Waals surface area contributed by atoms with E-state index >= 15 is 0 Å². The van der Waals surface area contributed by atoms with E-state index in [2.05, 4.69) is 0 Å². The summed E-state index contributed by atoms with van der Waals surface area (Å²) in [6, 6.07) is 0. The maximum Gasteiger partial charge on any atom is 0.335 e. The number of rotatable bonds is 2. The molecule has 0 saturated carbocycles. The molecule has 0 fully saturated rings. The molecule has 0 atom stereocenters. The minimum atomic E-state index is -0.226. The van der Waals surface area contributed by atoms with E-state index in [9.17, 15) is 4.79 Å². The number of allylic oxidation sites excluding steroid dienone is 5. The van der Waals surface area contributed by atoms with Crippen LogP contribution in [0, 0.1) is 0 Å². The number of fused-ring (bicyclic) bond motifs is 1. The van der Waals surface area contributed by atoms with Crippen molar-refractivity contribution in [3.8, 4) is 0 Å². The summed E-state index contributed by atoms with van der Waals surface area (Å²) < 4.78 is 4.96. The molecule has 3 nitrogen and oxygen atoms in total. The van der Waals surface area contributed by atoms with E-state index in [0.717, 1.165) is 5.70 Å². The fraction of sp³-hybridized carbons (Fsp3) is 0.250. The summed E-state index contributed by atoms with van der Waals surface area (Å²) in [5, 5.41) is 0. The molecule has 2 aliphatic heterocycles. The van der Waals surface area contributed by atoms with Crippen molar-refractivity contribution in [2.45, 2.75) is 6.92 Å². The summed E-state index contributed by atoms with van der Waals surface area (Å²) in [6.07, 6.45) is 11.6. The lowest BCUT2D eigenvalue weighted by Crippen LogP contribution is -2.26. The Kier molecular flexibility index (Phi) is 4.38. The van der Waals surface area contributed by atoms with Crippen LogP contribution in [0.5, 0.6) is 0 Å². The van der Waals surface area contributed by atoms with Crippen LogP contribution in [0.2, 0.25) is 0 Å². The maximum absolute atomic E-state index is 11.5. The second-order valence-electron chi connectivity index (χ2n) is 3.33. The molecule has 0 saturated heterocycles. The summed E-state index contributed by atoms with van der Waals surface area (Å²) in [5.41, 5.74) is 1.80. The van der Waals surface area contributed by atoms with Gasteiger partial charge in [0.25, 0.3) is 0 Å². The summed E-state index contributed by atoms with van der Waals surface area (Å²) in [7, 11) is 0. The van der Waals surface area contributed by atoms with Gasteiger partial charge in [-0.05, 0) is 31.2 Å². The van der Waals surface area contributed by atoms with Crippen molar-refractivity contribution < 1.29 is 9.53 Å². The summed E-state index contributed by atoms with van der Waals surface area (Å²) in [4.78, 5) is 13.5. The molecule has 0 bridgehead atoms. The summed E-state index contributed by atoms with van der Waals surface area (Å²) in [5.74, 6) is -0.226. The monoisotopic (exact) mass is 239 g/mol. The van der Waals surface area contributed by atoms with Crippen LogP contribution >= 0.6 is 12.4 Å². The van der Waals surface area contributed by atoms with Crippen molar-refractivity contribution in [1.82, 2.24) is 4.90 Å². The molecule has 2 heterocycles. The molecule has 86 valence electrons. The van der Waals surface area contributed by atoms with Crippen LogP contribution in [-0.4, -0.2) is 24.0 Å². The zero-order valence-electron chi connectivity index (χ0n) is 9.05. The van der Waals surface area contributed by atoms with Gasteiger partial charge in [0.2, 0.25) is 0 Å². The van der Waals surface area contributed by atoms with E-state index in [1.54, 1.807) is 0 Å². The predicted molar refractivity (Wildman–Crippen MR) is 65.0 cm³/mol. The highest BCUT2D eigenvalue weighted by molar-refractivity contribution is 5.89. The van der Waals surface area contributed by atoms with Crippen molar-refractivity contribution in [1.29, 1.82) is 0 Å². The van der Waals surface area contributed by atoms with Gasteiger partial charge < -0.3 is 9.64 Å². The molecule has 0 aliphatic carbocycles. The molecule has 0 N–H and O–H groups in total. The zero-order chi connectivity index (χ0) is 10.7. The first-order valence-corrected chi connectivity index (χ1v) is 5.00. The lowest BCUT2D eigenvalue weighted by atomic mass is 10.1. The molecular formula is C12H14ClNO2. The molecule has 0 amide bonds. The van der Waals surface area contributed by atoms with Crippen LogP contribution in [0.15, 0.2) is 47.9 Å². The summed E-state index contributed by atoms with van der Waals surface area (Å²) >= 11 is 0. The first kappa shape index (κ1) is 12.6. The van der Waals surface area contributed by atoms with E-state index in [1.165, 1.54) is 0 Å². The Morgan fingerprint density at radius 3 is 3.00 bits per heavy atom. The second-order valence-corrected chi connectivity index (χ2v) is 3.33. The van der Waals surface area contributed by atoms with E-state index in [0.29, 0.717) is 18.7 Å². The number of ether oxygens (including phenoxy) is 1. The molecule has 0 radical (unpaired) electrons. The zero-order valence-corrected chi connectivity index (χ0v) is 9.87. The van der Waals surface area contributed by atoms with Gasteiger partial charge in [0.15, 0.2) is 0 Å². The third-order valence-corrected chi connectivity index (χ3v) is 2.31. The average molecular weight is 240 g/mol. The van der Waals surface area contributed by atoms with Gasteiger partial charge in [-0.25, -0.2) is 4.79 Å². The van der Waals surface area contributed by atoms with Crippen molar-refractivity contribution in [2.75, 3.05) is 13.2 Å². The number of esters is 1. The molecule has 0 aromatic carbocycles. The van der Waals surface area contributed by atoms with Gasteiger partial charge >= 0.3 is 5.97 Å². The smallest absolute Gasteiger partial charge is 0.335 e. The Morgan fingerprint density at radius 2 is 2.25 bits per heavy atom. The lowest BCUT2D eigenvalue weighted by Gasteiger charge is -2.26. The largest absolute Gasteiger partial charge is 0.463 e. The Hall–Kier alpha value is -1.48. The number of carbonyl (C=O) groups is 1. The van der Waals surface area contributed by atoms with Crippen LogP contribution in [0.4, 0.5) is 0 Å². The average Bonchev–Trinajstić information content (AvgIpc) is 2.29. The van der Waals surface area contributed by atoms with Crippen molar-refractivity contribution in [3.63, 3.8) is 0 Å². The van der Waals surface area contributed by atoms with Gasteiger partial charge in [0.05, 0.1) is 18.7 Å². The molecule has 16 heavy (non-hydrogen) atoms. The standard InChI is InChI=1S/C12H13NO2.ClH/c1-2-15-12(14)10-6-7-11-5-3-4-8-13(11)9-10;/h3-8H,2,9H2,1H3;1H. The Balaban J connectivity index is 0.00000128. The molecular weight excluding hydrogens is 226 g/mol. The Labute approximate surface area is 101 Å². The van der Waals surface area contributed by atoms with Crippen LogP contribution in [0.25, 0.3) is 0 Å². The predicted octanol–water partition coefficient (Wildman–Crippen LogP) is 2.18. The Morgan fingerprint density at radius 1 is 1.44 bits per heavy atom. The number of hydrogen-bond donors (Lipinski definition) is 0. The second kappa shape index (κ2) is 5.56. The fourth-order valence-corrected chi connectivity index (χ4v) is 1.56. The topological polar surface area (TPSA) is 29.5 Å². The van der Waals surface area contributed by atoms with E-state index in [1.807, 2.05) is 48.4 Å². The van der Waals surface area contributed by atoms with Crippen LogP contribution in [0.1, 0.15) is 6.92 Å². The van der Waals surface area contributed by atoms with Crippen molar-refractivity contribution >= 4 is 18.4 Å². The lowest BCUT2D eigenvalue weighted by molar-refractivity contribution is -0.138. The number of carbonyl (C=O) groups excluding carboxylic acids is 1. The maximum atomic E-state index is 11.5. The van der Waals surface area contributed by atoms with Crippen LogP contribution < -0.4 is 0 Å². The van der Waals surface area contributed by atoms with Crippen molar-refractivity contribution in [2.24, 2.45) is 0 Å². The number of hydrogen-bond acceptors (Lipinski definition) is 3. The van der Waals surface area contributed by atoms with E-state index < -0.39 is 0 Å². The van der Waals surface area contributed by atoms with E-state index in [-0.39, 0.29) is 18.4 Å². The van der Waals surface area contributed by atoms with Gasteiger partial charge in [-0.1, -0.05) is 6.08 Å². The molecule has 2 rings (SSSR count). The summed E-state index contributed by atoms with van der Waals surface area (Å²) in [6.45, 7) is 2.82. The first-order valence-electron chi connectivity index (χ1n) is 5.00. The minimum absolute atomic E-state index is 0. The minimum Gasteiger partial charge on any atom is -0.463 e. The van der Waals surface area contributed by atoms with Gasteiger partial charge in [-0.2, -0.15) is 0 Å². The van der Waals surface area contributed by atoms with Gasteiger partial charge in [-0.15, -0.1) is 12.4 Å². The number of halogens is 1. The fourth-order valence-electron chi connectivity index (χ4n) is 1.56. The quantitative estimate of drug-likeness (QED) is 0.692. The molecule has 4 heteroatoms. The van der Waals surface area contributed by atoms with Gasteiger partial charge in [0, 0.05) is 11.9 Å². The normalized spacial score (nSPS) is 16.9. The SMILES string of the molecule is CCOC(=O)C1=CC=C2C=CC=CN2C1.Cl. The molecule has 0 unspecified atom stereocenters. The van der Waals surface area contributed by atoms with Crippen LogP contribution in [0.3, 0.4) is 0 Å². The highest BCUT2D eigenvalue weighted by Gasteiger charge is 2.18. The van der Waals surface area contributed by atoms with Crippen molar-refractivity contribution in [3.05, 3.63) is 47.9 Å². The molecule has 0 spiro atoms. The molecule has 2 aliphatic rings. The van der Waals surface area contributed by atoms with Gasteiger partial charge in [0.1, 0.15) is 0 Å². The molecule has 0 aromatic rings. The third kappa shape index (κ3) is 2.55. The highest BCUT2D eigenvalue weighted by Crippen LogP contribution is 2.19. The van der Waals surface area contributed by atoms with Gasteiger partial charge in [-0.3, -0.25) is 0 Å². The highest BCUT2D eigenvalue weighted by atomic mass is 35.5. The Bertz CT molecular complexity index is 394. The molecule has 0 aromatic heterocycles. The van der Waals surface area contributed by atoms with Crippen LogP contribution in [-0.2, 0) is 9.53 Å². The first-order chi connectivity index (χ1) is 7.31.